The van der Waals surface area contributed by atoms with Gasteiger partial charge in [-0.1, -0.05) is 50.3 Å². The van der Waals surface area contributed by atoms with Gasteiger partial charge < -0.3 is 4.90 Å². The van der Waals surface area contributed by atoms with Gasteiger partial charge in [0.15, 0.2) is 0 Å². The highest BCUT2D eigenvalue weighted by Crippen LogP contribution is 2.59. The lowest BCUT2D eigenvalue weighted by Crippen LogP contribution is -2.70. The minimum Gasteiger partial charge on any atom is -0.322 e. The molecule has 2 atom stereocenters. The summed E-state index contributed by atoms with van der Waals surface area (Å²) in [6.07, 6.45) is 1.82. The Kier molecular flexibility index (Phi) is 2.79. The van der Waals surface area contributed by atoms with Crippen LogP contribution in [0, 0.1) is 11.3 Å². The molecule has 3 heteroatoms. The molecule has 2 heterocycles. The van der Waals surface area contributed by atoms with E-state index in [1.54, 1.807) is 0 Å². The van der Waals surface area contributed by atoms with Gasteiger partial charge in [0, 0.05) is 12.3 Å². The molecule has 0 spiro atoms. The van der Waals surface area contributed by atoms with Crippen LogP contribution in [0.5, 0.6) is 0 Å². The van der Waals surface area contributed by atoms with Crippen LogP contribution in [-0.4, -0.2) is 23.1 Å². The Morgan fingerprint density at radius 1 is 1.37 bits per heavy atom. The summed E-state index contributed by atoms with van der Waals surface area (Å²) in [6, 6.07) is 10.4. The molecule has 100 valence electrons. The summed E-state index contributed by atoms with van der Waals surface area (Å²) < 4.78 is 0. The third kappa shape index (κ3) is 1.68. The predicted molar refractivity (Wildman–Crippen MR) is 79.8 cm³/mol. The molecule has 1 aromatic carbocycles. The van der Waals surface area contributed by atoms with E-state index in [2.05, 4.69) is 32.6 Å². The molecule has 0 bridgehead atoms. The summed E-state index contributed by atoms with van der Waals surface area (Å²) in [5.74, 6) is 1.20. The molecule has 19 heavy (non-hydrogen) atoms. The van der Waals surface area contributed by atoms with Crippen molar-refractivity contribution in [1.29, 1.82) is 0 Å². The minimum absolute atomic E-state index is 0.0870. The maximum atomic E-state index is 12.3. The molecular formula is C16H19NOS. The first-order valence-electron chi connectivity index (χ1n) is 6.65. The van der Waals surface area contributed by atoms with Gasteiger partial charge in [0.1, 0.15) is 4.87 Å². The quantitative estimate of drug-likeness (QED) is 0.609. The zero-order chi connectivity index (χ0) is 13.7. The number of fused-ring (bicyclic) bond motifs is 1. The van der Waals surface area contributed by atoms with Gasteiger partial charge in [-0.15, -0.1) is 18.3 Å². The van der Waals surface area contributed by atoms with Gasteiger partial charge in [-0.3, -0.25) is 4.79 Å². The van der Waals surface area contributed by atoms with E-state index >= 15 is 0 Å². The zero-order valence-corrected chi connectivity index (χ0v) is 12.2. The molecule has 3 rings (SSSR count). The molecule has 1 aromatic rings. The number of carbonyl (C=O) groups is 1. The summed E-state index contributed by atoms with van der Waals surface area (Å²) in [6.45, 7) is 9.15. The molecule has 2 aliphatic rings. The standard InChI is InChI=1S/C16H19NOS/c1-4-13-14(18)17-10-15(2,3)11-19-16(13,17)12-8-6-5-7-9-12/h4-9,13H,1,10-11H2,2-3H3/t13-,16+/m0/s1. The number of β-lactam (4-membered cyclic amide) rings is 1. The van der Waals surface area contributed by atoms with E-state index in [0.717, 1.165) is 12.3 Å². The van der Waals surface area contributed by atoms with E-state index < -0.39 is 0 Å². The Labute approximate surface area is 118 Å². The van der Waals surface area contributed by atoms with Crippen LogP contribution in [0.1, 0.15) is 19.4 Å². The van der Waals surface area contributed by atoms with Crippen molar-refractivity contribution in [2.45, 2.75) is 18.7 Å². The second kappa shape index (κ2) is 4.14. The number of rotatable bonds is 2. The van der Waals surface area contributed by atoms with Crippen LogP contribution < -0.4 is 0 Å². The Morgan fingerprint density at radius 2 is 2.05 bits per heavy atom. The minimum atomic E-state index is -0.213. The average molecular weight is 273 g/mol. The smallest absolute Gasteiger partial charge is 0.234 e. The highest BCUT2D eigenvalue weighted by Gasteiger charge is 2.63. The molecule has 0 radical (unpaired) electrons. The molecule has 2 fully saturated rings. The fourth-order valence-corrected chi connectivity index (χ4v) is 4.79. The SMILES string of the molecule is C=C[C@H]1C(=O)N2CC(C)(C)CS[C@]12c1ccccc1. The number of amides is 1. The van der Waals surface area contributed by atoms with Crippen molar-refractivity contribution in [3.63, 3.8) is 0 Å². The topological polar surface area (TPSA) is 20.3 Å². The largest absolute Gasteiger partial charge is 0.322 e. The lowest BCUT2D eigenvalue weighted by Gasteiger charge is -2.62. The zero-order valence-electron chi connectivity index (χ0n) is 11.4. The number of benzene rings is 1. The van der Waals surface area contributed by atoms with E-state index in [1.807, 2.05) is 40.9 Å². The molecule has 0 aliphatic carbocycles. The molecule has 2 saturated heterocycles. The molecule has 0 aromatic heterocycles. The lowest BCUT2D eigenvalue weighted by molar-refractivity contribution is -0.160. The van der Waals surface area contributed by atoms with Crippen LogP contribution in [0.25, 0.3) is 0 Å². The second-order valence-corrected chi connectivity index (χ2v) is 7.35. The first-order valence-corrected chi connectivity index (χ1v) is 7.63. The predicted octanol–water partition coefficient (Wildman–Crippen LogP) is 3.26. The monoisotopic (exact) mass is 273 g/mol. The summed E-state index contributed by atoms with van der Waals surface area (Å²) in [4.78, 5) is 14.2. The Morgan fingerprint density at radius 3 is 2.68 bits per heavy atom. The van der Waals surface area contributed by atoms with Crippen molar-refractivity contribution < 1.29 is 4.79 Å². The normalized spacial score (nSPS) is 32.4. The Hall–Kier alpha value is -1.22. The van der Waals surface area contributed by atoms with Gasteiger partial charge in [-0.05, 0) is 11.0 Å². The molecule has 2 nitrogen and oxygen atoms in total. The number of hydrogen-bond acceptors (Lipinski definition) is 2. The molecular weight excluding hydrogens is 254 g/mol. The van der Waals surface area contributed by atoms with E-state index in [9.17, 15) is 4.79 Å². The van der Waals surface area contributed by atoms with Crippen molar-refractivity contribution >= 4 is 17.7 Å². The van der Waals surface area contributed by atoms with Crippen molar-refractivity contribution in [1.82, 2.24) is 4.90 Å². The maximum absolute atomic E-state index is 12.3. The number of thioether (sulfide) groups is 1. The lowest BCUT2D eigenvalue weighted by atomic mass is 9.78. The van der Waals surface area contributed by atoms with Gasteiger partial charge in [0.25, 0.3) is 0 Å². The van der Waals surface area contributed by atoms with Gasteiger partial charge >= 0.3 is 0 Å². The summed E-state index contributed by atoms with van der Waals surface area (Å²) in [5.41, 5.74) is 1.41. The first kappa shape index (κ1) is 12.8. The van der Waals surface area contributed by atoms with Gasteiger partial charge in [0.2, 0.25) is 5.91 Å². The third-order valence-electron chi connectivity index (χ3n) is 4.05. The Balaban J connectivity index is 2.05. The van der Waals surface area contributed by atoms with Gasteiger partial charge in [-0.25, -0.2) is 0 Å². The third-order valence-corrected chi connectivity index (χ3v) is 6.12. The highest BCUT2D eigenvalue weighted by atomic mass is 32.2. The van der Waals surface area contributed by atoms with Crippen LogP contribution >= 0.6 is 11.8 Å². The van der Waals surface area contributed by atoms with Crippen molar-refractivity contribution in [3.05, 3.63) is 48.6 Å². The summed E-state index contributed by atoms with van der Waals surface area (Å²) >= 11 is 1.89. The average Bonchev–Trinajstić information content (AvgIpc) is 2.41. The van der Waals surface area contributed by atoms with Crippen LogP contribution in [0.3, 0.4) is 0 Å². The highest BCUT2D eigenvalue weighted by molar-refractivity contribution is 8.00. The maximum Gasteiger partial charge on any atom is 0.234 e. The molecule has 1 amide bonds. The molecule has 0 unspecified atom stereocenters. The Bertz CT molecular complexity index is 525. The van der Waals surface area contributed by atoms with E-state index in [-0.39, 0.29) is 22.1 Å². The molecule has 0 saturated carbocycles. The summed E-state index contributed by atoms with van der Waals surface area (Å²) in [5, 5.41) is 0. The van der Waals surface area contributed by atoms with E-state index in [4.69, 9.17) is 0 Å². The molecule has 0 N–H and O–H groups in total. The van der Waals surface area contributed by atoms with E-state index in [1.165, 1.54) is 5.56 Å². The van der Waals surface area contributed by atoms with Gasteiger partial charge in [0.05, 0.1) is 5.92 Å². The van der Waals surface area contributed by atoms with Gasteiger partial charge in [-0.2, -0.15) is 0 Å². The number of carbonyl (C=O) groups excluding carboxylic acids is 1. The van der Waals surface area contributed by atoms with E-state index in [0.29, 0.717) is 0 Å². The fourth-order valence-electron chi connectivity index (χ4n) is 3.10. The fraction of sp³-hybridized carbons (Fsp3) is 0.438. The van der Waals surface area contributed by atoms with Crippen molar-refractivity contribution in [2.24, 2.45) is 11.3 Å². The summed E-state index contributed by atoms with van der Waals surface area (Å²) in [7, 11) is 0. The molecule has 2 aliphatic heterocycles. The van der Waals surface area contributed by atoms with Crippen LogP contribution in [0.15, 0.2) is 43.0 Å². The van der Waals surface area contributed by atoms with Crippen molar-refractivity contribution in [3.8, 4) is 0 Å². The first-order chi connectivity index (χ1) is 9.01. The van der Waals surface area contributed by atoms with Crippen molar-refractivity contribution in [2.75, 3.05) is 12.3 Å². The van der Waals surface area contributed by atoms with Crippen LogP contribution in [0.2, 0.25) is 0 Å². The number of nitrogens with zero attached hydrogens (tertiary/aromatic N) is 1. The number of hydrogen-bond donors (Lipinski definition) is 0. The van der Waals surface area contributed by atoms with Crippen LogP contribution in [-0.2, 0) is 9.67 Å². The second-order valence-electron chi connectivity index (χ2n) is 6.15. The van der Waals surface area contributed by atoms with Crippen LogP contribution in [0.4, 0.5) is 0 Å².